The zero-order chi connectivity index (χ0) is 19.2. The van der Waals surface area contributed by atoms with E-state index in [0.717, 1.165) is 5.69 Å². The van der Waals surface area contributed by atoms with Crippen LogP contribution in [0.3, 0.4) is 0 Å². The van der Waals surface area contributed by atoms with E-state index in [0.29, 0.717) is 31.5 Å². The van der Waals surface area contributed by atoms with Gasteiger partial charge < -0.3 is 15.5 Å². The Morgan fingerprint density at radius 2 is 1.63 bits per heavy atom. The summed E-state index contributed by atoms with van der Waals surface area (Å²) in [6.45, 7) is 1.09. The topological polar surface area (TPSA) is 105 Å². The molecule has 1 fully saturated rings. The van der Waals surface area contributed by atoms with Crippen molar-refractivity contribution >= 4 is 23.3 Å². The number of rotatable bonds is 4. The molecule has 0 saturated carbocycles. The molecular formula is C19H20N4O4. The molecule has 0 aromatic heterocycles. The number of hydrogen-bond donors (Lipinski definition) is 2. The average Bonchev–Trinajstić information content (AvgIpc) is 2.69. The summed E-state index contributed by atoms with van der Waals surface area (Å²) in [5.41, 5.74) is 1.07. The summed E-state index contributed by atoms with van der Waals surface area (Å²) >= 11 is 0. The lowest BCUT2D eigenvalue weighted by Crippen LogP contribution is -2.47. The fourth-order valence-corrected chi connectivity index (χ4v) is 2.95. The first-order valence-corrected chi connectivity index (χ1v) is 8.69. The Morgan fingerprint density at radius 3 is 2.22 bits per heavy atom. The second kappa shape index (κ2) is 8.31. The van der Waals surface area contributed by atoms with Crippen molar-refractivity contribution in [2.24, 2.45) is 0 Å². The summed E-state index contributed by atoms with van der Waals surface area (Å²) in [6.07, 6.45) is 1.31. The van der Waals surface area contributed by atoms with Crippen LogP contribution in [-0.2, 0) is 0 Å². The predicted molar refractivity (Wildman–Crippen MR) is 101 cm³/mol. The summed E-state index contributed by atoms with van der Waals surface area (Å²) in [5, 5.41) is 16.4. The van der Waals surface area contributed by atoms with Gasteiger partial charge in [-0.05, 0) is 37.1 Å². The van der Waals surface area contributed by atoms with Crippen molar-refractivity contribution in [3.05, 3.63) is 70.3 Å². The molecule has 0 spiro atoms. The molecule has 0 aliphatic carbocycles. The Hall–Kier alpha value is -3.42. The minimum Gasteiger partial charge on any atom is -0.349 e. The first-order valence-electron chi connectivity index (χ1n) is 8.69. The average molecular weight is 368 g/mol. The minimum absolute atomic E-state index is 0.0338. The molecule has 0 atom stereocenters. The number of nitro benzene ring substituents is 1. The Kier molecular flexibility index (Phi) is 5.65. The zero-order valence-corrected chi connectivity index (χ0v) is 14.6. The Morgan fingerprint density at radius 1 is 1.00 bits per heavy atom. The van der Waals surface area contributed by atoms with E-state index >= 15 is 0 Å². The summed E-state index contributed by atoms with van der Waals surface area (Å²) < 4.78 is 0. The van der Waals surface area contributed by atoms with Crippen LogP contribution in [0.25, 0.3) is 0 Å². The number of nitro groups is 1. The van der Waals surface area contributed by atoms with Crippen LogP contribution in [0, 0.1) is 10.1 Å². The van der Waals surface area contributed by atoms with Gasteiger partial charge in [-0.3, -0.25) is 14.9 Å². The van der Waals surface area contributed by atoms with Crippen LogP contribution in [0.15, 0.2) is 54.6 Å². The first-order chi connectivity index (χ1) is 13.0. The molecule has 27 heavy (non-hydrogen) atoms. The maximum atomic E-state index is 12.3. The normalized spacial score (nSPS) is 14.4. The number of urea groups is 1. The molecule has 1 heterocycles. The number of likely N-dealkylation sites (tertiary alicyclic amines) is 1. The highest BCUT2D eigenvalue weighted by atomic mass is 16.6. The third kappa shape index (κ3) is 4.81. The van der Waals surface area contributed by atoms with Crippen molar-refractivity contribution in [2.45, 2.75) is 18.9 Å². The van der Waals surface area contributed by atoms with E-state index in [9.17, 15) is 19.7 Å². The molecular weight excluding hydrogens is 348 g/mol. The van der Waals surface area contributed by atoms with Crippen LogP contribution in [0.4, 0.5) is 16.2 Å². The fraction of sp³-hybridized carbons (Fsp3) is 0.263. The van der Waals surface area contributed by atoms with Gasteiger partial charge in [0.1, 0.15) is 0 Å². The molecule has 0 bridgehead atoms. The number of non-ortho nitro benzene ring substituents is 1. The van der Waals surface area contributed by atoms with Gasteiger partial charge in [-0.15, -0.1) is 0 Å². The highest BCUT2D eigenvalue weighted by Crippen LogP contribution is 2.15. The number of benzene rings is 2. The van der Waals surface area contributed by atoms with Crippen LogP contribution < -0.4 is 10.6 Å². The van der Waals surface area contributed by atoms with Gasteiger partial charge >= 0.3 is 6.03 Å². The van der Waals surface area contributed by atoms with Gasteiger partial charge in [0.05, 0.1) is 4.92 Å². The smallest absolute Gasteiger partial charge is 0.321 e. The number of carbonyl (C=O) groups is 2. The third-order valence-electron chi connectivity index (χ3n) is 4.48. The number of hydrogen-bond acceptors (Lipinski definition) is 4. The molecule has 8 heteroatoms. The molecule has 3 rings (SSSR count). The summed E-state index contributed by atoms with van der Waals surface area (Å²) in [4.78, 5) is 36.4. The monoisotopic (exact) mass is 368 g/mol. The number of carbonyl (C=O) groups excluding carboxylic acids is 2. The van der Waals surface area contributed by atoms with Gasteiger partial charge in [-0.2, -0.15) is 0 Å². The Labute approximate surface area is 156 Å². The maximum Gasteiger partial charge on any atom is 0.321 e. The molecule has 1 aliphatic rings. The van der Waals surface area contributed by atoms with Crippen molar-refractivity contribution in [3.63, 3.8) is 0 Å². The van der Waals surface area contributed by atoms with Crippen LogP contribution in [0.1, 0.15) is 23.2 Å². The highest BCUT2D eigenvalue weighted by molar-refractivity contribution is 5.94. The molecule has 140 valence electrons. The largest absolute Gasteiger partial charge is 0.349 e. The van der Waals surface area contributed by atoms with Crippen molar-refractivity contribution < 1.29 is 14.5 Å². The first kappa shape index (κ1) is 18.4. The van der Waals surface area contributed by atoms with Gasteiger partial charge in [0.25, 0.3) is 11.6 Å². The lowest BCUT2D eigenvalue weighted by Gasteiger charge is -2.32. The van der Waals surface area contributed by atoms with E-state index < -0.39 is 4.92 Å². The number of nitrogens with zero attached hydrogens (tertiary/aromatic N) is 2. The second-order valence-electron chi connectivity index (χ2n) is 6.33. The van der Waals surface area contributed by atoms with E-state index in [1.165, 1.54) is 24.3 Å². The third-order valence-corrected chi connectivity index (χ3v) is 4.48. The van der Waals surface area contributed by atoms with Crippen molar-refractivity contribution in [2.75, 3.05) is 18.4 Å². The van der Waals surface area contributed by atoms with Gasteiger partial charge in [-0.1, -0.05) is 18.2 Å². The molecule has 0 unspecified atom stereocenters. The Bertz CT molecular complexity index is 815. The van der Waals surface area contributed by atoms with Crippen LogP contribution >= 0.6 is 0 Å². The fourth-order valence-electron chi connectivity index (χ4n) is 2.95. The quantitative estimate of drug-likeness (QED) is 0.639. The molecule has 2 N–H and O–H groups in total. The van der Waals surface area contributed by atoms with Crippen LogP contribution in [-0.4, -0.2) is 40.9 Å². The van der Waals surface area contributed by atoms with E-state index in [1.807, 2.05) is 30.3 Å². The number of nitrogens with one attached hydrogen (secondary N) is 2. The van der Waals surface area contributed by atoms with Crippen molar-refractivity contribution in [1.82, 2.24) is 10.2 Å². The lowest BCUT2D eigenvalue weighted by atomic mass is 10.0. The lowest BCUT2D eigenvalue weighted by molar-refractivity contribution is -0.384. The maximum absolute atomic E-state index is 12.3. The Balaban J connectivity index is 1.48. The molecule has 0 radical (unpaired) electrons. The molecule has 2 aromatic rings. The van der Waals surface area contributed by atoms with E-state index in [2.05, 4.69) is 10.6 Å². The zero-order valence-electron chi connectivity index (χ0n) is 14.6. The standard InChI is InChI=1S/C19H20N4O4/c24-18(14-6-8-17(9-7-14)23(26)27)20-16-10-12-22(13-11-16)19(25)21-15-4-2-1-3-5-15/h1-9,16H,10-13H2,(H,20,24)(H,21,25). The number of amides is 3. The van der Waals surface area contributed by atoms with Crippen molar-refractivity contribution in [3.8, 4) is 0 Å². The van der Waals surface area contributed by atoms with Gasteiger partial charge in [0.2, 0.25) is 0 Å². The molecule has 1 saturated heterocycles. The highest BCUT2D eigenvalue weighted by Gasteiger charge is 2.24. The number of para-hydroxylation sites is 1. The van der Waals surface area contributed by atoms with Gasteiger partial charge in [-0.25, -0.2) is 4.79 Å². The predicted octanol–water partition coefficient (Wildman–Crippen LogP) is 3.02. The van der Waals surface area contributed by atoms with E-state index in [-0.39, 0.29) is 23.7 Å². The van der Waals surface area contributed by atoms with E-state index in [4.69, 9.17) is 0 Å². The molecule has 1 aliphatic heterocycles. The van der Waals surface area contributed by atoms with Crippen LogP contribution in [0.2, 0.25) is 0 Å². The molecule has 8 nitrogen and oxygen atoms in total. The SMILES string of the molecule is O=C(NC1CCN(C(=O)Nc2ccccc2)CC1)c1ccc([N+](=O)[O-])cc1. The van der Waals surface area contributed by atoms with E-state index in [1.54, 1.807) is 4.90 Å². The molecule has 2 aromatic carbocycles. The number of piperidine rings is 1. The van der Waals surface area contributed by atoms with Crippen LogP contribution in [0.5, 0.6) is 0 Å². The number of anilines is 1. The summed E-state index contributed by atoms with van der Waals surface area (Å²) in [6, 6.07) is 14.6. The molecule has 3 amide bonds. The van der Waals surface area contributed by atoms with Crippen molar-refractivity contribution in [1.29, 1.82) is 0 Å². The summed E-state index contributed by atoms with van der Waals surface area (Å²) in [5.74, 6) is -0.267. The minimum atomic E-state index is -0.502. The second-order valence-corrected chi connectivity index (χ2v) is 6.33. The van der Waals surface area contributed by atoms with Gasteiger partial charge in [0.15, 0.2) is 0 Å². The van der Waals surface area contributed by atoms with Gasteiger partial charge in [0, 0.05) is 42.5 Å². The summed E-state index contributed by atoms with van der Waals surface area (Å²) in [7, 11) is 0.